The molecule has 0 amide bonds. The number of fused-ring (bicyclic) bond motifs is 2. The number of aryl methyl sites for hydroxylation is 1. The van der Waals surface area contributed by atoms with Crippen molar-refractivity contribution in [3.63, 3.8) is 0 Å². The van der Waals surface area contributed by atoms with E-state index in [-0.39, 0.29) is 17.0 Å². The smallest absolute Gasteiger partial charge is 0.407 e. The summed E-state index contributed by atoms with van der Waals surface area (Å²) in [5.41, 5.74) is 6.36. The van der Waals surface area contributed by atoms with Gasteiger partial charge in [-0.1, -0.05) is 18.2 Å². The Morgan fingerprint density at radius 2 is 2.07 bits per heavy atom. The van der Waals surface area contributed by atoms with Crippen LogP contribution < -0.4 is 11.1 Å². The summed E-state index contributed by atoms with van der Waals surface area (Å²) in [4.78, 5) is 22.3. The molecule has 6 nitrogen and oxygen atoms in total. The zero-order valence-electron chi connectivity index (χ0n) is 15.6. The number of aromatic nitrogens is 3. The lowest BCUT2D eigenvalue weighted by molar-refractivity contribution is 0.556. The lowest BCUT2D eigenvalue weighted by Crippen LogP contribution is -2.04. The standard InChI is InChI=1S/C21H18N4O2S.BrH/c1-12-8-15(19-17(9-12)25-21(26)27-19)18-11-28-20(24-18)22-7-6-13-10-23-16-5-3-2-4-14(13)16;/h2-5,8-11,23H,6-7H2,1H3,(H,22,24)(H,25,26);1H. The highest BCUT2D eigenvalue weighted by Crippen LogP contribution is 2.31. The first-order valence-electron chi connectivity index (χ1n) is 9.05. The van der Waals surface area contributed by atoms with Crippen LogP contribution in [0.4, 0.5) is 5.13 Å². The van der Waals surface area contributed by atoms with E-state index in [0.717, 1.165) is 40.4 Å². The summed E-state index contributed by atoms with van der Waals surface area (Å²) in [5, 5.41) is 7.49. The van der Waals surface area contributed by atoms with Crippen molar-refractivity contribution in [3.8, 4) is 11.3 Å². The minimum atomic E-state index is -0.450. The highest BCUT2D eigenvalue weighted by Gasteiger charge is 2.13. The number of hydrogen-bond acceptors (Lipinski definition) is 5. The molecule has 3 aromatic heterocycles. The normalized spacial score (nSPS) is 11.1. The summed E-state index contributed by atoms with van der Waals surface area (Å²) in [6.45, 7) is 2.78. The SMILES string of the molecule is Br.Cc1cc(-c2csc(NCCc3c[nH]c4ccccc34)n2)c2oc(=O)[nH]c2c1. The molecule has 0 spiro atoms. The van der Waals surface area contributed by atoms with E-state index < -0.39 is 5.76 Å². The van der Waals surface area contributed by atoms with E-state index in [2.05, 4.69) is 44.7 Å². The molecule has 5 aromatic rings. The van der Waals surface area contributed by atoms with Crippen LogP contribution in [0, 0.1) is 6.92 Å². The molecule has 3 heterocycles. The van der Waals surface area contributed by atoms with Crippen molar-refractivity contribution >= 4 is 55.5 Å². The maximum absolute atomic E-state index is 11.6. The molecular formula is C21H19BrN4O2S. The Morgan fingerprint density at radius 1 is 1.21 bits per heavy atom. The maximum atomic E-state index is 11.6. The van der Waals surface area contributed by atoms with Gasteiger partial charge in [-0.3, -0.25) is 4.98 Å². The molecule has 5 rings (SSSR count). The number of halogens is 1. The molecule has 0 fully saturated rings. The average molecular weight is 471 g/mol. The van der Waals surface area contributed by atoms with Crippen LogP contribution in [-0.2, 0) is 6.42 Å². The molecule has 0 saturated carbocycles. The van der Waals surface area contributed by atoms with Gasteiger partial charge in [-0.25, -0.2) is 9.78 Å². The monoisotopic (exact) mass is 470 g/mol. The maximum Gasteiger partial charge on any atom is 0.417 e. The van der Waals surface area contributed by atoms with Crippen LogP contribution in [0.3, 0.4) is 0 Å². The number of anilines is 1. The third-order valence-electron chi connectivity index (χ3n) is 4.79. The number of oxazole rings is 1. The van der Waals surface area contributed by atoms with Gasteiger partial charge in [0.2, 0.25) is 0 Å². The van der Waals surface area contributed by atoms with Crippen LogP contribution in [0.15, 0.2) is 57.2 Å². The number of benzene rings is 2. The third-order valence-corrected chi connectivity index (χ3v) is 5.59. The second-order valence-electron chi connectivity index (χ2n) is 6.78. The second-order valence-corrected chi connectivity index (χ2v) is 7.64. The van der Waals surface area contributed by atoms with Crippen LogP contribution in [0.5, 0.6) is 0 Å². The Morgan fingerprint density at radius 3 is 2.97 bits per heavy atom. The van der Waals surface area contributed by atoms with Gasteiger partial charge in [-0.05, 0) is 42.7 Å². The van der Waals surface area contributed by atoms with E-state index >= 15 is 0 Å². The number of rotatable bonds is 5. The van der Waals surface area contributed by atoms with Crippen molar-refractivity contribution in [3.05, 3.63) is 69.7 Å². The van der Waals surface area contributed by atoms with Gasteiger partial charge in [0, 0.05) is 34.6 Å². The van der Waals surface area contributed by atoms with Gasteiger partial charge >= 0.3 is 5.76 Å². The van der Waals surface area contributed by atoms with Gasteiger partial charge in [-0.15, -0.1) is 28.3 Å². The first-order chi connectivity index (χ1) is 13.7. The molecule has 148 valence electrons. The Bertz CT molecular complexity index is 1350. The molecule has 2 aromatic carbocycles. The van der Waals surface area contributed by atoms with E-state index in [4.69, 9.17) is 4.42 Å². The molecular weight excluding hydrogens is 452 g/mol. The van der Waals surface area contributed by atoms with E-state index in [9.17, 15) is 4.79 Å². The molecule has 0 saturated heterocycles. The Hall–Kier alpha value is -2.84. The number of para-hydroxylation sites is 1. The molecule has 0 aliphatic carbocycles. The first-order valence-corrected chi connectivity index (χ1v) is 9.93. The number of aromatic amines is 2. The quantitative estimate of drug-likeness (QED) is 0.326. The first kappa shape index (κ1) is 19.5. The molecule has 29 heavy (non-hydrogen) atoms. The van der Waals surface area contributed by atoms with Crippen molar-refractivity contribution in [2.45, 2.75) is 13.3 Å². The molecule has 0 unspecified atom stereocenters. The van der Waals surface area contributed by atoms with Gasteiger partial charge in [0.15, 0.2) is 10.7 Å². The van der Waals surface area contributed by atoms with Crippen LogP contribution in [0.1, 0.15) is 11.1 Å². The summed E-state index contributed by atoms with van der Waals surface area (Å²) < 4.78 is 5.32. The van der Waals surface area contributed by atoms with Gasteiger partial charge in [0.05, 0.1) is 11.2 Å². The molecule has 0 aliphatic rings. The van der Waals surface area contributed by atoms with E-state index in [0.29, 0.717) is 11.1 Å². The highest BCUT2D eigenvalue weighted by atomic mass is 79.9. The largest absolute Gasteiger partial charge is 0.417 e. The van der Waals surface area contributed by atoms with Crippen molar-refractivity contribution in [1.29, 1.82) is 0 Å². The van der Waals surface area contributed by atoms with Crippen molar-refractivity contribution in [1.82, 2.24) is 15.0 Å². The fourth-order valence-electron chi connectivity index (χ4n) is 3.52. The van der Waals surface area contributed by atoms with Crippen molar-refractivity contribution < 1.29 is 4.42 Å². The Labute approximate surface area is 180 Å². The van der Waals surface area contributed by atoms with E-state index in [1.54, 1.807) is 11.3 Å². The highest BCUT2D eigenvalue weighted by molar-refractivity contribution is 8.93. The molecule has 0 radical (unpaired) electrons. The van der Waals surface area contributed by atoms with Gasteiger partial charge in [-0.2, -0.15) is 0 Å². The Kier molecular flexibility index (Phi) is 5.29. The fourth-order valence-corrected chi connectivity index (χ4v) is 4.25. The molecule has 0 aliphatic heterocycles. The lowest BCUT2D eigenvalue weighted by atomic mass is 10.1. The number of H-pyrrole nitrogens is 2. The zero-order chi connectivity index (χ0) is 19.1. The topological polar surface area (TPSA) is 86.7 Å². The van der Waals surface area contributed by atoms with Gasteiger partial charge in [0.25, 0.3) is 0 Å². The molecule has 8 heteroatoms. The molecule has 3 N–H and O–H groups in total. The summed E-state index contributed by atoms with van der Waals surface area (Å²) in [7, 11) is 0. The summed E-state index contributed by atoms with van der Waals surface area (Å²) in [5.74, 6) is -0.450. The predicted octanol–water partition coefficient (Wildman–Crippen LogP) is 5.27. The van der Waals surface area contributed by atoms with Crippen LogP contribution >= 0.6 is 28.3 Å². The second kappa shape index (κ2) is 7.88. The minimum absolute atomic E-state index is 0. The zero-order valence-corrected chi connectivity index (χ0v) is 18.1. The van der Waals surface area contributed by atoms with Crippen molar-refractivity contribution in [2.75, 3.05) is 11.9 Å². The molecule has 0 bridgehead atoms. The number of thiazole rings is 1. The fraction of sp³-hybridized carbons (Fsp3) is 0.143. The van der Waals surface area contributed by atoms with Crippen molar-refractivity contribution in [2.24, 2.45) is 0 Å². The summed E-state index contributed by atoms with van der Waals surface area (Å²) in [6, 6.07) is 12.2. The predicted molar refractivity (Wildman–Crippen MR) is 123 cm³/mol. The minimum Gasteiger partial charge on any atom is -0.407 e. The van der Waals surface area contributed by atoms with Crippen LogP contribution in [0.2, 0.25) is 0 Å². The van der Waals surface area contributed by atoms with E-state index in [1.165, 1.54) is 10.9 Å². The van der Waals surface area contributed by atoms with Crippen LogP contribution in [0.25, 0.3) is 33.3 Å². The number of hydrogen-bond donors (Lipinski definition) is 3. The number of nitrogens with zero attached hydrogens (tertiary/aromatic N) is 1. The van der Waals surface area contributed by atoms with E-state index in [1.807, 2.05) is 30.5 Å². The summed E-state index contributed by atoms with van der Waals surface area (Å²) in [6.07, 6.45) is 2.97. The van der Waals surface area contributed by atoms with Crippen LogP contribution in [-0.4, -0.2) is 21.5 Å². The Balaban J connectivity index is 0.00000205. The number of nitrogens with one attached hydrogen (secondary N) is 3. The lowest BCUT2D eigenvalue weighted by Gasteiger charge is -2.03. The third kappa shape index (κ3) is 3.73. The average Bonchev–Trinajstić information content (AvgIpc) is 3.39. The van der Waals surface area contributed by atoms with Gasteiger partial charge in [0.1, 0.15) is 0 Å². The molecule has 0 atom stereocenters. The summed E-state index contributed by atoms with van der Waals surface area (Å²) >= 11 is 1.55. The van der Waals surface area contributed by atoms with Gasteiger partial charge < -0.3 is 14.7 Å².